The number of halogens is 1. The molecule has 0 radical (unpaired) electrons. The minimum atomic E-state index is -0.421. The first-order valence-electron chi connectivity index (χ1n) is 11.1. The lowest BCUT2D eigenvalue weighted by atomic mass is 9.89. The Morgan fingerprint density at radius 2 is 1.97 bits per heavy atom. The van der Waals surface area contributed by atoms with E-state index >= 15 is 0 Å². The number of aromatic nitrogens is 2. The van der Waals surface area contributed by atoms with Gasteiger partial charge in [-0.25, -0.2) is 14.4 Å². The van der Waals surface area contributed by atoms with Gasteiger partial charge >= 0.3 is 0 Å². The molecule has 2 amide bonds. The number of ether oxygens (including phenoxy) is 1. The number of anilines is 2. The summed E-state index contributed by atoms with van der Waals surface area (Å²) >= 11 is 1.29. The van der Waals surface area contributed by atoms with E-state index in [-0.39, 0.29) is 36.0 Å². The van der Waals surface area contributed by atoms with Crippen LogP contribution in [-0.4, -0.2) is 46.0 Å². The third kappa shape index (κ3) is 4.53. The number of nitrogens with one attached hydrogen (secondary N) is 3. The van der Waals surface area contributed by atoms with Crippen molar-refractivity contribution in [2.75, 3.05) is 5.32 Å². The summed E-state index contributed by atoms with van der Waals surface area (Å²) in [5, 5.41) is 9.76. The molecule has 2 saturated carbocycles. The van der Waals surface area contributed by atoms with Crippen LogP contribution >= 0.6 is 11.3 Å². The first-order valence-corrected chi connectivity index (χ1v) is 11.9. The van der Waals surface area contributed by atoms with Gasteiger partial charge in [-0.3, -0.25) is 9.59 Å². The van der Waals surface area contributed by atoms with E-state index in [4.69, 9.17) is 10.5 Å². The van der Waals surface area contributed by atoms with Gasteiger partial charge in [-0.05, 0) is 31.0 Å². The van der Waals surface area contributed by atoms with E-state index in [1.165, 1.54) is 36.7 Å². The molecule has 5 rings (SSSR count). The molecule has 2 fully saturated rings. The molecule has 5 N–H and O–H groups in total. The van der Waals surface area contributed by atoms with E-state index in [0.29, 0.717) is 39.8 Å². The van der Waals surface area contributed by atoms with E-state index in [1.54, 1.807) is 6.07 Å². The van der Waals surface area contributed by atoms with Crippen molar-refractivity contribution in [3.8, 4) is 5.75 Å². The molecule has 2 heterocycles. The first-order chi connectivity index (χ1) is 16.3. The molecule has 11 heteroatoms. The topological polar surface area (TPSA) is 131 Å². The summed E-state index contributed by atoms with van der Waals surface area (Å²) < 4.78 is 20.0. The number of hydrogen-bond acceptors (Lipinski definition) is 8. The second kappa shape index (κ2) is 8.80. The Kier molecular flexibility index (Phi) is 5.82. The third-order valence-electron chi connectivity index (χ3n) is 6.08. The van der Waals surface area contributed by atoms with E-state index in [0.717, 1.165) is 17.4 Å². The maximum Gasteiger partial charge on any atom is 0.261 e. The van der Waals surface area contributed by atoms with Gasteiger partial charge in [0.2, 0.25) is 5.91 Å². The lowest BCUT2D eigenvalue weighted by Crippen LogP contribution is -2.48. The van der Waals surface area contributed by atoms with Crippen LogP contribution in [0.5, 0.6) is 5.75 Å². The average molecular weight is 485 g/mol. The maximum atomic E-state index is 14.0. The lowest BCUT2D eigenvalue weighted by molar-refractivity contribution is -0.120. The predicted octanol–water partition coefficient (Wildman–Crippen LogP) is 2.76. The van der Waals surface area contributed by atoms with Crippen LogP contribution in [0.4, 0.5) is 15.9 Å². The van der Waals surface area contributed by atoms with Gasteiger partial charge in [0.15, 0.2) is 0 Å². The van der Waals surface area contributed by atoms with Crippen LogP contribution < -0.4 is 26.4 Å². The number of carbonyl (C=O) groups is 2. The molecule has 0 aliphatic heterocycles. The number of benzene rings is 1. The minimum absolute atomic E-state index is 0.0106. The van der Waals surface area contributed by atoms with Gasteiger partial charge in [0.05, 0.1) is 16.0 Å². The van der Waals surface area contributed by atoms with Gasteiger partial charge in [-0.2, -0.15) is 0 Å². The van der Waals surface area contributed by atoms with Crippen LogP contribution in [0, 0.1) is 12.7 Å². The van der Waals surface area contributed by atoms with E-state index in [2.05, 4.69) is 25.9 Å². The van der Waals surface area contributed by atoms with Crippen molar-refractivity contribution in [2.24, 2.45) is 5.73 Å². The zero-order valence-corrected chi connectivity index (χ0v) is 19.5. The average Bonchev–Trinajstić information content (AvgIpc) is 3.33. The number of aryl methyl sites for hydroxylation is 1. The predicted molar refractivity (Wildman–Crippen MR) is 127 cm³/mol. The SMILES string of the molecule is CC(=O)N[C@H]1C[C@H](Oc2cc(F)ccc2Nc2ncnc3sc(C(=O)N[C@H]4C[C@@H]4N)c(C)c23)C1. The van der Waals surface area contributed by atoms with Crippen molar-refractivity contribution in [1.29, 1.82) is 0 Å². The van der Waals surface area contributed by atoms with E-state index < -0.39 is 5.82 Å². The second-order valence-corrected chi connectivity index (χ2v) is 9.81. The van der Waals surface area contributed by atoms with Crippen LogP contribution in [-0.2, 0) is 4.79 Å². The van der Waals surface area contributed by atoms with E-state index in [9.17, 15) is 14.0 Å². The number of amides is 2. The number of thiophene rings is 1. The molecule has 0 saturated heterocycles. The molecular weight excluding hydrogens is 459 g/mol. The largest absolute Gasteiger partial charge is 0.488 e. The Morgan fingerprint density at radius 1 is 1.21 bits per heavy atom. The molecule has 0 spiro atoms. The molecule has 0 unspecified atom stereocenters. The number of hydrogen-bond donors (Lipinski definition) is 4. The third-order valence-corrected chi connectivity index (χ3v) is 7.28. The second-order valence-electron chi connectivity index (χ2n) is 8.81. The van der Waals surface area contributed by atoms with Gasteiger partial charge in [0.1, 0.15) is 34.6 Å². The summed E-state index contributed by atoms with van der Waals surface area (Å²) in [6, 6.07) is 4.34. The maximum absolute atomic E-state index is 14.0. The minimum Gasteiger partial charge on any atom is -0.488 e. The van der Waals surface area contributed by atoms with Crippen molar-refractivity contribution in [3.63, 3.8) is 0 Å². The summed E-state index contributed by atoms with van der Waals surface area (Å²) in [6.45, 7) is 3.33. The first kappa shape index (κ1) is 22.5. The van der Waals surface area contributed by atoms with Crippen molar-refractivity contribution >= 4 is 44.9 Å². The quantitative estimate of drug-likeness (QED) is 0.406. The normalized spacial score (nSPS) is 23.2. The number of rotatable bonds is 7. The summed E-state index contributed by atoms with van der Waals surface area (Å²) in [6.07, 6.45) is 3.38. The summed E-state index contributed by atoms with van der Waals surface area (Å²) in [5.41, 5.74) is 7.12. The van der Waals surface area contributed by atoms with Crippen LogP contribution in [0.25, 0.3) is 10.2 Å². The summed E-state index contributed by atoms with van der Waals surface area (Å²) in [7, 11) is 0. The Morgan fingerprint density at radius 3 is 2.68 bits per heavy atom. The zero-order chi connectivity index (χ0) is 24.0. The molecule has 2 aliphatic rings. The van der Waals surface area contributed by atoms with E-state index in [1.807, 2.05) is 6.92 Å². The molecule has 2 aromatic heterocycles. The highest BCUT2D eigenvalue weighted by molar-refractivity contribution is 7.20. The summed E-state index contributed by atoms with van der Waals surface area (Å²) in [5.74, 6) is 0.182. The molecule has 178 valence electrons. The number of nitrogens with zero attached hydrogens (tertiary/aromatic N) is 2. The molecule has 1 aromatic carbocycles. The van der Waals surface area contributed by atoms with Gasteiger partial charge < -0.3 is 26.4 Å². The van der Waals surface area contributed by atoms with Crippen LogP contribution in [0.2, 0.25) is 0 Å². The Bertz CT molecular complexity index is 1280. The fraction of sp³-hybridized carbons (Fsp3) is 0.391. The zero-order valence-electron chi connectivity index (χ0n) is 18.7. The molecule has 9 nitrogen and oxygen atoms in total. The number of carbonyl (C=O) groups excluding carboxylic acids is 2. The van der Waals surface area contributed by atoms with Gasteiger partial charge in [-0.1, -0.05) is 0 Å². The van der Waals surface area contributed by atoms with Crippen molar-refractivity contribution in [2.45, 2.75) is 57.3 Å². The van der Waals surface area contributed by atoms with Crippen LogP contribution in [0.15, 0.2) is 24.5 Å². The number of fused-ring (bicyclic) bond motifs is 1. The highest BCUT2D eigenvalue weighted by Crippen LogP contribution is 2.38. The molecule has 2 aliphatic carbocycles. The lowest BCUT2D eigenvalue weighted by Gasteiger charge is -2.36. The fourth-order valence-corrected chi connectivity index (χ4v) is 5.12. The Hall–Kier alpha value is -3.31. The highest BCUT2D eigenvalue weighted by Gasteiger charge is 2.36. The molecule has 0 bridgehead atoms. The fourth-order valence-electron chi connectivity index (χ4n) is 4.07. The molecule has 2 atom stereocenters. The number of nitrogens with two attached hydrogens (primary N) is 1. The highest BCUT2D eigenvalue weighted by atomic mass is 32.1. The standard InChI is InChI=1S/C23H25FN6O3S/c1-10-19-21(26-9-27-23(19)34-20(10)22(32)30-17-8-15(17)25)29-16-4-3-12(24)5-18(16)33-14-6-13(7-14)28-11(2)31/h3-5,9,13-15,17H,6-8,25H2,1-2H3,(H,28,31)(H,30,32)(H,26,27,29)/t13-,14-,15-,17-/m0/s1. The van der Waals surface area contributed by atoms with Crippen molar-refractivity contribution in [3.05, 3.63) is 40.8 Å². The monoisotopic (exact) mass is 484 g/mol. The molecule has 3 aromatic rings. The van der Waals surface area contributed by atoms with Crippen molar-refractivity contribution < 1.29 is 18.7 Å². The Balaban J connectivity index is 1.38. The molecule has 34 heavy (non-hydrogen) atoms. The summed E-state index contributed by atoms with van der Waals surface area (Å²) in [4.78, 5) is 33.9. The van der Waals surface area contributed by atoms with Crippen LogP contribution in [0.1, 0.15) is 41.4 Å². The van der Waals surface area contributed by atoms with Gasteiger partial charge in [0, 0.05) is 44.0 Å². The smallest absolute Gasteiger partial charge is 0.261 e. The van der Waals surface area contributed by atoms with Crippen molar-refractivity contribution in [1.82, 2.24) is 20.6 Å². The van der Waals surface area contributed by atoms with Gasteiger partial charge in [0.25, 0.3) is 5.91 Å². The Labute approximate surface area is 199 Å². The van der Waals surface area contributed by atoms with Crippen LogP contribution in [0.3, 0.4) is 0 Å². The molecular formula is C23H25FN6O3S. The van der Waals surface area contributed by atoms with Gasteiger partial charge in [-0.15, -0.1) is 11.3 Å².